The van der Waals surface area contributed by atoms with Crippen LogP contribution in [0, 0.1) is 18.3 Å². The van der Waals surface area contributed by atoms with Crippen LogP contribution in [0.2, 0.25) is 0 Å². The molecule has 2 nitrogen and oxygen atoms in total. The predicted molar refractivity (Wildman–Crippen MR) is 49.1 cm³/mol. The van der Waals surface area contributed by atoms with Crippen LogP contribution >= 0.6 is 0 Å². The first kappa shape index (κ1) is 10.5. The van der Waals surface area contributed by atoms with Gasteiger partial charge in [0.25, 0.3) is 0 Å². The van der Waals surface area contributed by atoms with Crippen LogP contribution in [0.3, 0.4) is 0 Å². The summed E-state index contributed by atoms with van der Waals surface area (Å²) in [5, 5.41) is 0. The van der Waals surface area contributed by atoms with Crippen molar-refractivity contribution in [1.82, 2.24) is 4.90 Å². The molecular formula is C9H18N2. The molecule has 0 aliphatic heterocycles. The van der Waals surface area contributed by atoms with Gasteiger partial charge in [-0.3, -0.25) is 4.90 Å². The van der Waals surface area contributed by atoms with Gasteiger partial charge in [0.15, 0.2) is 0 Å². The van der Waals surface area contributed by atoms with Crippen LogP contribution in [0.1, 0.15) is 13.8 Å². The molecule has 0 spiro atoms. The van der Waals surface area contributed by atoms with Gasteiger partial charge in [-0.15, -0.1) is 6.42 Å². The lowest BCUT2D eigenvalue weighted by atomic mass is 10.0. The first-order chi connectivity index (χ1) is 5.13. The monoisotopic (exact) mass is 154 g/mol. The van der Waals surface area contributed by atoms with Gasteiger partial charge in [-0.1, -0.05) is 12.8 Å². The summed E-state index contributed by atoms with van der Waals surface area (Å²) in [6.45, 7) is 5.70. The van der Waals surface area contributed by atoms with Gasteiger partial charge in [-0.25, -0.2) is 0 Å². The number of nitrogens with two attached hydrogens (primary N) is 1. The van der Waals surface area contributed by atoms with E-state index in [0.717, 1.165) is 6.54 Å². The van der Waals surface area contributed by atoms with Crippen molar-refractivity contribution in [1.29, 1.82) is 0 Å². The van der Waals surface area contributed by atoms with Gasteiger partial charge in [0.1, 0.15) is 0 Å². The lowest BCUT2D eigenvalue weighted by molar-refractivity contribution is 0.224. The molecule has 2 heteroatoms. The van der Waals surface area contributed by atoms with Crippen LogP contribution in [-0.4, -0.2) is 31.1 Å². The standard InChI is InChI=1S/C9H18N2/c1-5-6-11(4)9(3)8(2)7-10/h1,8-9H,6-7,10H2,2-4H3. The minimum absolute atomic E-state index is 0.469. The largest absolute Gasteiger partial charge is 0.330 e. The summed E-state index contributed by atoms with van der Waals surface area (Å²) >= 11 is 0. The zero-order chi connectivity index (χ0) is 8.85. The van der Waals surface area contributed by atoms with Crippen molar-refractivity contribution in [3.63, 3.8) is 0 Å². The van der Waals surface area contributed by atoms with Gasteiger partial charge >= 0.3 is 0 Å². The summed E-state index contributed by atoms with van der Waals surface area (Å²) in [5.41, 5.74) is 5.53. The van der Waals surface area contributed by atoms with E-state index < -0.39 is 0 Å². The second kappa shape index (κ2) is 5.17. The molecule has 2 N–H and O–H groups in total. The van der Waals surface area contributed by atoms with E-state index in [0.29, 0.717) is 18.5 Å². The lowest BCUT2D eigenvalue weighted by Crippen LogP contribution is -2.37. The van der Waals surface area contributed by atoms with Crippen molar-refractivity contribution in [2.75, 3.05) is 20.1 Å². The predicted octanol–water partition coefficient (Wildman–Crippen LogP) is 0.535. The van der Waals surface area contributed by atoms with E-state index >= 15 is 0 Å². The summed E-state index contributed by atoms with van der Waals surface area (Å²) in [7, 11) is 2.02. The molecule has 0 aliphatic rings. The molecule has 0 aromatic heterocycles. The van der Waals surface area contributed by atoms with E-state index in [9.17, 15) is 0 Å². The zero-order valence-corrected chi connectivity index (χ0v) is 7.67. The Morgan fingerprint density at radius 1 is 1.55 bits per heavy atom. The molecule has 0 bridgehead atoms. The molecule has 0 saturated carbocycles. The fourth-order valence-electron chi connectivity index (χ4n) is 0.919. The smallest absolute Gasteiger partial charge is 0.0598 e. The number of hydrogen-bond donors (Lipinski definition) is 1. The molecule has 0 amide bonds. The minimum Gasteiger partial charge on any atom is -0.330 e. The molecule has 2 atom stereocenters. The van der Waals surface area contributed by atoms with Crippen molar-refractivity contribution in [3.05, 3.63) is 0 Å². The van der Waals surface area contributed by atoms with Crippen molar-refractivity contribution in [2.24, 2.45) is 11.7 Å². The Balaban J connectivity index is 3.82. The Kier molecular flexibility index (Phi) is 4.93. The average Bonchev–Trinajstić information content (AvgIpc) is 2.02. The molecule has 0 aromatic rings. The highest BCUT2D eigenvalue weighted by Gasteiger charge is 2.13. The fourth-order valence-corrected chi connectivity index (χ4v) is 0.919. The topological polar surface area (TPSA) is 29.3 Å². The molecule has 0 radical (unpaired) electrons. The molecule has 64 valence electrons. The maximum atomic E-state index is 5.53. The number of rotatable bonds is 4. The third kappa shape index (κ3) is 3.41. The molecule has 0 fully saturated rings. The SMILES string of the molecule is C#CCN(C)C(C)C(C)CN. The molecule has 0 rings (SSSR count). The maximum Gasteiger partial charge on any atom is 0.0598 e. The Hall–Kier alpha value is -0.520. The van der Waals surface area contributed by atoms with E-state index in [4.69, 9.17) is 12.2 Å². The molecular weight excluding hydrogens is 136 g/mol. The highest BCUT2D eigenvalue weighted by Crippen LogP contribution is 2.06. The van der Waals surface area contributed by atoms with E-state index in [2.05, 4.69) is 24.7 Å². The van der Waals surface area contributed by atoms with E-state index in [1.54, 1.807) is 0 Å². The van der Waals surface area contributed by atoms with E-state index in [1.807, 2.05) is 7.05 Å². The molecule has 0 aromatic carbocycles. The second-order valence-corrected chi connectivity index (χ2v) is 3.07. The number of terminal acetylenes is 1. The maximum absolute atomic E-state index is 5.53. The van der Waals surface area contributed by atoms with Crippen LogP contribution in [-0.2, 0) is 0 Å². The van der Waals surface area contributed by atoms with E-state index in [1.165, 1.54) is 0 Å². The van der Waals surface area contributed by atoms with Gasteiger partial charge in [-0.2, -0.15) is 0 Å². The summed E-state index contributed by atoms with van der Waals surface area (Å²) in [5.74, 6) is 3.12. The van der Waals surface area contributed by atoms with Crippen LogP contribution in [0.25, 0.3) is 0 Å². The van der Waals surface area contributed by atoms with Crippen molar-refractivity contribution < 1.29 is 0 Å². The summed E-state index contributed by atoms with van der Waals surface area (Å²) in [4.78, 5) is 2.14. The first-order valence-corrected chi connectivity index (χ1v) is 3.97. The van der Waals surface area contributed by atoms with E-state index in [-0.39, 0.29) is 0 Å². The number of nitrogens with zero attached hydrogens (tertiary/aromatic N) is 1. The van der Waals surface area contributed by atoms with Gasteiger partial charge in [0.2, 0.25) is 0 Å². The minimum atomic E-state index is 0.469. The highest BCUT2D eigenvalue weighted by molar-refractivity contribution is 4.89. The summed E-state index contributed by atoms with van der Waals surface area (Å²) in [6, 6.07) is 0.469. The summed E-state index contributed by atoms with van der Waals surface area (Å²) < 4.78 is 0. The third-order valence-electron chi connectivity index (χ3n) is 2.23. The van der Waals surface area contributed by atoms with Crippen LogP contribution in [0.5, 0.6) is 0 Å². The quantitative estimate of drug-likeness (QED) is 0.599. The van der Waals surface area contributed by atoms with Gasteiger partial charge in [0.05, 0.1) is 6.54 Å². The van der Waals surface area contributed by atoms with Crippen LogP contribution in [0.15, 0.2) is 0 Å². The molecule has 0 aliphatic carbocycles. The second-order valence-electron chi connectivity index (χ2n) is 3.07. The van der Waals surface area contributed by atoms with Crippen LogP contribution in [0.4, 0.5) is 0 Å². The molecule has 0 saturated heterocycles. The van der Waals surface area contributed by atoms with Crippen molar-refractivity contribution >= 4 is 0 Å². The summed E-state index contributed by atoms with van der Waals surface area (Å²) in [6.07, 6.45) is 5.19. The Morgan fingerprint density at radius 2 is 2.09 bits per heavy atom. The van der Waals surface area contributed by atoms with Crippen LogP contribution < -0.4 is 5.73 Å². The van der Waals surface area contributed by atoms with Gasteiger partial charge in [-0.05, 0) is 26.4 Å². The number of hydrogen-bond acceptors (Lipinski definition) is 2. The van der Waals surface area contributed by atoms with Crippen molar-refractivity contribution in [2.45, 2.75) is 19.9 Å². The highest BCUT2D eigenvalue weighted by atomic mass is 15.1. The molecule has 2 unspecified atom stereocenters. The van der Waals surface area contributed by atoms with Gasteiger partial charge < -0.3 is 5.73 Å². The average molecular weight is 154 g/mol. The molecule has 11 heavy (non-hydrogen) atoms. The van der Waals surface area contributed by atoms with Gasteiger partial charge in [0, 0.05) is 6.04 Å². The fraction of sp³-hybridized carbons (Fsp3) is 0.778. The van der Waals surface area contributed by atoms with Crippen molar-refractivity contribution in [3.8, 4) is 12.3 Å². The zero-order valence-electron chi connectivity index (χ0n) is 7.67. The Bertz CT molecular complexity index is 137. The third-order valence-corrected chi connectivity index (χ3v) is 2.23. The first-order valence-electron chi connectivity index (χ1n) is 3.97. The lowest BCUT2D eigenvalue weighted by Gasteiger charge is -2.27. The normalized spacial score (nSPS) is 16.0. The Labute approximate surface area is 69.8 Å². The molecule has 0 heterocycles. The Morgan fingerprint density at radius 3 is 2.45 bits per heavy atom.